The molecule has 2 aromatic rings. The van der Waals surface area contributed by atoms with Gasteiger partial charge in [0.15, 0.2) is 0 Å². The molecule has 5 nitrogen and oxygen atoms in total. The van der Waals surface area contributed by atoms with Gasteiger partial charge in [0.2, 0.25) is 10.0 Å². The number of rotatable bonds is 4. The Morgan fingerprint density at radius 3 is 2.78 bits per heavy atom. The Kier molecular flexibility index (Phi) is 3.65. The number of nitrogens with zero attached hydrogens (tertiary/aromatic N) is 1. The van der Waals surface area contributed by atoms with Gasteiger partial charge in [0.05, 0.1) is 5.69 Å². The van der Waals surface area contributed by atoms with Crippen molar-refractivity contribution < 1.29 is 8.42 Å². The van der Waals surface area contributed by atoms with Crippen LogP contribution in [0.4, 0.5) is 5.69 Å². The van der Waals surface area contributed by atoms with Gasteiger partial charge in [-0.15, -0.1) is 11.3 Å². The van der Waals surface area contributed by atoms with Gasteiger partial charge in [-0.25, -0.2) is 13.1 Å². The first kappa shape index (κ1) is 13.0. The molecule has 0 radical (unpaired) electrons. The van der Waals surface area contributed by atoms with Crippen LogP contribution in [0.25, 0.3) is 0 Å². The van der Waals surface area contributed by atoms with Crippen molar-refractivity contribution in [2.24, 2.45) is 0 Å². The van der Waals surface area contributed by atoms with E-state index >= 15 is 0 Å². The van der Waals surface area contributed by atoms with Crippen LogP contribution in [0, 0.1) is 6.92 Å². The number of anilines is 1. The summed E-state index contributed by atoms with van der Waals surface area (Å²) in [6.07, 6.45) is 2.70. The third-order valence-corrected chi connectivity index (χ3v) is 4.78. The van der Waals surface area contributed by atoms with E-state index in [1.165, 1.54) is 18.5 Å². The molecule has 0 aliphatic heterocycles. The molecule has 2 aromatic heterocycles. The molecule has 0 aromatic carbocycles. The van der Waals surface area contributed by atoms with Crippen molar-refractivity contribution >= 4 is 27.0 Å². The molecule has 0 bridgehead atoms. The second-order valence-corrected chi connectivity index (χ2v) is 6.86. The zero-order valence-corrected chi connectivity index (χ0v) is 11.4. The third-order valence-electron chi connectivity index (χ3n) is 2.34. The lowest BCUT2D eigenvalue weighted by Gasteiger charge is -2.07. The summed E-state index contributed by atoms with van der Waals surface area (Å²) < 4.78 is 26.5. The zero-order chi connectivity index (χ0) is 13.2. The number of nitrogens with one attached hydrogen (secondary N) is 1. The monoisotopic (exact) mass is 283 g/mol. The van der Waals surface area contributed by atoms with Gasteiger partial charge >= 0.3 is 0 Å². The molecule has 0 fully saturated rings. The SMILES string of the molecule is Cc1ccc(CNS(=O)(=O)c2cnccc2N)s1. The van der Waals surface area contributed by atoms with E-state index in [2.05, 4.69) is 9.71 Å². The third kappa shape index (κ3) is 2.87. The summed E-state index contributed by atoms with van der Waals surface area (Å²) in [5.41, 5.74) is 5.82. The van der Waals surface area contributed by atoms with E-state index in [0.29, 0.717) is 0 Å². The predicted molar refractivity (Wildman–Crippen MR) is 71.7 cm³/mol. The smallest absolute Gasteiger partial charge is 0.244 e. The van der Waals surface area contributed by atoms with E-state index in [9.17, 15) is 8.42 Å². The molecule has 2 rings (SSSR count). The van der Waals surface area contributed by atoms with Crippen molar-refractivity contribution in [2.75, 3.05) is 5.73 Å². The summed E-state index contributed by atoms with van der Waals surface area (Å²) in [5, 5.41) is 0. The van der Waals surface area contributed by atoms with Crippen molar-refractivity contribution in [2.45, 2.75) is 18.4 Å². The summed E-state index contributed by atoms with van der Waals surface area (Å²) in [6.45, 7) is 2.23. The summed E-state index contributed by atoms with van der Waals surface area (Å²) in [7, 11) is -3.61. The van der Waals surface area contributed by atoms with Crippen LogP contribution in [0.2, 0.25) is 0 Å². The molecule has 2 heterocycles. The molecular weight excluding hydrogens is 270 g/mol. The van der Waals surface area contributed by atoms with E-state index in [0.717, 1.165) is 9.75 Å². The fourth-order valence-corrected chi connectivity index (χ4v) is 3.44. The van der Waals surface area contributed by atoms with Crippen LogP contribution in [-0.4, -0.2) is 13.4 Å². The predicted octanol–water partition coefficient (Wildman–Crippen LogP) is 1.51. The molecule has 7 heteroatoms. The highest BCUT2D eigenvalue weighted by atomic mass is 32.2. The van der Waals surface area contributed by atoms with Crippen LogP contribution >= 0.6 is 11.3 Å². The van der Waals surface area contributed by atoms with Gasteiger partial charge in [-0.05, 0) is 25.1 Å². The lowest BCUT2D eigenvalue weighted by Crippen LogP contribution is -2.23. The summed E-state index contributed by atoms with van der Waals surface area (Å²) in [4.78, 5) is 5.89. The Hall–Kier alpha value is -1.44. The van der Waals surface area contributed by atoms with E-state index in [1.807, 2.05) is 19.1 Å². The van der Waals surface area contributed by atoms with E-state index in [-0.39, 0.29) is 17.1 Å². The van der Waals surface area contributed by atoms with Crippen LogP contribution in [-0.2, 0) is 16.6 Å². The minimum absolute atomic E-state index is 0.0123. The fourth-order valence-electron chi connectivity index (χ4n) is 1.44. The normalized spacial score (nSPS) is 11.6. The molecule has 3 N–H and O–H groups in total. The number of sulfonamides is 1. The van der Waals surface area contributed by atoms with E-state index in [1.54, 1.807) is 11.3 Å². The van der Waals surface area contributed by atoms with Crippen molar-refractivity contribution in [3.8, 4) is 0 Å². The Bertz CT molecular complexity index is 650. The number of nitrogen functional groups attached to an aromatic ring is 1. The summed E-state index contributed by atoms with van der Waals surface area (Å²) >= 11 is 1.55. The largest absolute Gasteiger partial charge is 0.398 e. The number of hydrogen-bond acceptors (Lipinski definition) is 5. The van der Waals surface area contributed by atoms with Gasteiger partial charge in [0.25, 0.3) is 0 Å². The highest BCUT2D eigenvalue weighted by Crippen LogP contribution is 2.18. The molecule has 0 aliphatic rings. The van der Waals surface area contributed by atoms with Crippen LogP contribution < -0.4 is 10.5 Å². The molecule has 0 amide bonds. The molecule has 0 saturated heterocycles. The molecule has 18 heavy (non-hydrogen) atoms. The maximum Gasteiger partial charge on any atom is 0.244 e. The van der Waals surface area contributed by atoms with Gasteiger partial charge in [-0.3, -0.25) is 4.98 Å². The lowest BCUT2D eigenvalue weighted by atomic mass is 10.4. The standard InChI is InChI=1S/C11H13N3O2S2/c1-8-2-3-9(17-8)6-14-18(15,16)11-7-13-5-4-10(11)12/h2-5,7,14H,6H2,1H3,(H2,12,13). The molecule has 0 spiro atoms. The van der Waals surface area contributed by atoms with Gasteiger partial charge in [0, 0.05) is 28.7 Å². The highest BCUT2D eigenvalue weighted by molar-refractivity contribution is 7.89. The molecular formula is C11H13N3O2S2. The second kappa shape index (κ2) is 5.05. The number of thiophene rings is 1. The van der Waals surface area contributed by atoms with Gasteiger partial charge in [-0.2, -0.15) is 0 Å². The number of aromatic nitrogens is 1. The Labute approximate surface area is 110 Å². The first-order valence-electron chi connectivity index (χ1n) is 5.23. The maximum atomic E-state index is 12.0. The molecule has 0 unspecified atom stereocenters. The molecule has 0 aliphatic carbocycles. The summed E-state index contributed by atoms with van der Waals surface area (Å²) in [5.74, 6) is 0. The molecule has 0 atom stereocenters. The average molecular weight is 283 g/mol. The first-order chi connectivity index (χ1) is 8.49. The second-order valence-electron chi connectivity index (χ2n) is 3.75. The number of nitrogens with two attached hydrogens (primary N) is 1. The Morgan fingerprint density at radius 1 is 1.39 bits per heavy atom. The minimum atomic E-state index is -3.61. The van der Waals surface area contributed by atoms with Crippen LogP contribution in [0.1, 0.15) is 9.75 Å². The molecule has 0 saturated carbocycles. The maximum absolute atomic E-state index is 12.0. The lowest BCUT2D eigenvalue weighted by molar-refractivity contribution is 0.582. The highest BCUT2D eigenvalue weighted by Gasteiger charge is 2.17. The number of hydrogen-bond donors (Lipinski definition) is 2. The quantitative estimate of drug-likeness (QED) is 0.890. The van der Waals surface area contributed by atoms with Crippen molar-refractivity contribution in [1.82, 2.24) is 9.71 Å². The number of pyridine rings is 1. The molecule has 96 valence electrons. The minimum Gasteiger partial charge on any atom is -0.398 e. The average Bonchev–Trinajstić information content (AvgIpc) is 2.73. The van der Waals surface area contributed by atoms with Gasteiger partial charge in [0.1, 0.15) is 4.90 Å². The van der Waals surface area contributed by atoms with E-state index in [4.69, 9.17) is 5.73 Å². The van der Waals surface area contributed by atoms with Crippen LogP contribution in [0.5, 0.6) is 0 Å². The van der Waals surface area contributed by atoms with Crippen molar-refractivity contribution in [1.29, 1.82) is 0 Å². The van der Waals surface area contributed by atoms with E-state index < -0.39 is 10.0 Å². The van der Waals surface area contributed by atoms with Crippen LogP contribution in [0.15, 0.2) is 35.5 Å². The first-order valence-corrected chi connectivity index (χ1v) is 7.53. The Morgan fingerprint density at radius 2 is 2.17 bits per heavy atom. The zero-order valence-electron chi connectivity index (χ0n) is 9.75. The number of aryl methyl sites for hydroxylation is 1. The van der Waals surface area contributed by atoms with Crippen molar-refractivity contribution in [3.63, 3.8) is 0 Å². The summed E-state index contributed by atoms with van der Waals surface area (Å²) in [6, 6.07) is 5.31. The van der Waals surface area contributed by atoms with Crippen LogP contribution in [0.3, 0.4) is 0 Å². The fraction of sp³-hybridized carbons (Fsp3) is 0.182. The van der Waals surface area contributed by atoms with Gasteiger partial charge in [-0.1, -0.05) is 0 Å². The topological polar surface area (TPSA) is 85.1 Å². The van der Waals surface area contributed by atoms with Gasteiger partial charge < -0.3 is 5.73 Å². The van der Waals surface area contributed by atoms with Crippen molar-refractivity contribution in [3.05, 3.63) is 40.3 Å². The Balaban J connectivity index is 2.16.